The van der Waals surface area contributed by atoms with Gasteiger partial charge in [-0.3, -0.25) is 0 Å². The minimum Gasteiger partial charge on any atom is -0.323 e. The van der Waals surface area contributed by atoms with Crippen LogP contribution in [0.15, 0.2) is 27.8 Å². The van der Waals surface area contributed by atoms with E-state index in [-0.39, 0.29) is 0 Å². The van der Waals surface area contributed by atoms with Crippen LogP contribution >= 0.6 is 15.9 Å². The van der Waals surface area contributed by atoms with Crippen LogP contribution in [0.5, 0.6) is 0 Å². The lowest BCUT2D eigenvalue weighted by Gasteiger charge is -1.98. The van der Waals surface area contributed by atoms with Crippen molar-refractivity contribution in [2.75, 3.05) is 0 Å². The second-order valence-electron chi connectivity index (χ2n) is 2.88. The van der Waals surface area contributed by atoms with Gasteiger partial charge in [0.05, 0.1) is 5.71 Å². The molecule has 2 N–H and O–H groups in total. The number of halogens is 1. The molecule has 2 nitrogen and oxygen atoms in total. The lowest BCUT2D eigenvalue weighted by atomic mass is 10.1. The predicted octanol–water partition coefficient (Wildman–Crippen LogP) is 2.06. The molecule has 1 aliphatic rings. The Morgan fingerprint density at radius 2 is 2.17 bits per heavy atom. The van der Waals surface area contributed by atoms with Crippen molar-refractivity contribution >= 4 is 21.6 Å². The molecule has 12 heavy (non-hydrogen) atoms. The Morgan fingerprint density at radius 1 is 1.33 bits per heavy atom. The molecule has 0 amide bonds. The first-order valence-electron chi connectivity index (χ1n) is 3.87. The summed E-state index contributed by atoms with van der Waals surface area (Å²) < 4.78 is 1.12. The minimum absolute atomic E-state index is 0.974. The maximum absolute atomic E-state index is 5.26. The highest BCUT2D eigenvalue weighted by molar-refractivity contribution is 9.10. The average molecular weight is 225 g/mol. The summed E-state index contributed by atoms with van der Waals surface area (Å²) in [4.78, 5) is 0. The molecule has 0 atom stereocenters. The average Bonchev–Trinajstić information content (AvgIpc) is 2.46. The standard InChI is InChI=1S/C9H9BrN2/c10-7-2-3-8-6(5-7)1-4-9(8)12-11/h2-3,5H,1,4,11H2. The Balaban J connectivity index is 2.55. The van der Waals surface area contributed by atoms with Crippen molar-refractivity contribution in [3.05, 3.63) is 33.8 Å². The maximum Gasteiger partial charge on any atom is 0.0678 e. The van der Waals surface area contributed by atoms with E-state index in [0.717, 1.165) is 23.0 Å². The van der Waals surface area contributed by atoms with Gasteiger partial charge in [-0.05, 0) is 30.5 Å². The van der Waals surface area contributed by atoms with Gasteiger partial charge in [-0.1, -0.05) is 22.0 Å². The van der Waals surface area contributed by atoms with Crippen LogP contribution in [0.3, 0.4) is 0 Å². The normalized spacial score (nSPS) is 18.2. The molecule has 0 unspecified atom stereocenters. The molecule has 1 aromatic rings. The molecule has 0 bridgehead atoms. The van der Waals surface area contributed by atoms with E-state index in [1.54, 1.807) is 0 Å². The Hall–Kier alpha value is -0.830. The number of hydrogen-bond donors (Lipinski definition) is 1. The molecule has 0 fully saturated rings. The summed E-state index contributed by atoms with van der Waals surface area (Å²) in [7, 11) is 0. The molecular formula is C9H9BrN2. The molecule has 0 spiro atoms. The van der Waals surface area contributed by atoms with Gasteiger partial charge in [0, 0.05) is 10.0 Å². The summed E-state index contributed by atoms with van der Waals surface area (Å²) in [6.45, 7) is 0. The molecule has 1 aliphatic carbocycles. The van der Waals surface area contributed by atoms with Crippen LogP contribution in [0.4, 0.5) is 0 Å². The molecule has 0 saturated heterocycles. The summed E-state index contributed by atoms with van der Waals surface area (Å²) in [6.07, 6.45) is 2.03. The fourth-order valence-corrected chi connectivity index (χ4v) is 1.98. The van der Waals surface area contributed by atoms with Crippen molar-refractivity contribution in [1.29, 1.82) is 0 Å². The fourth-order valence-electron chi connectivity index (χ4n) is 1.57. The third kappa shape index (κ3) is 1.14. The number of nitrogens with zero attached hydrogens (tertiary/aromatic N) is 1. The molecule has 0 saturated carbocycles. The van der Waals surface area contributed by atoms with Gasteiger partial charge in [0.2, 0.25) is 0 Å². The molecule has 3 heteroatoms. The number of hydrazone groups is 1. The zero-order valence-corrected chi connectivity index (χ0v) is 8.13. The molecule has 2 rings (SSSR count). The number of hydrogen-bond acceptors (Lipinski definition) is 2. The van der Waals surface area contributed by atoms with Gasteiger partial charge in [0.15, 0.2) is 0 Å². The highest BCUT2D eigenvalue weighted by Crippen LogP contribution is 2.25. The van der Waals surface area contributed by atoms with Gasteiger partial charge in [-0.2, -0.15) is 5.10 Å². The van der Waals surface area contributed by atoms with E-state index in [9.17, 15) is 0 Å². The third-order valence-electron chi connectivity index (χ3n) is 2.17. The first-order valence-corrected chi connectivity index (χ1v) is 4.66. The molecule has 0 heterocycles. The van der Waals surface area contributed by atoms with E-state index in [0.29, 0.717) is 0 Å². The van der Waals surface area contributed by atoms with Crippen LogP contribution < -0.4 is 5.84 Å². The van der Waals surface area contributed by atoms with Crippen molar-refractivity contribution in [3.63, 3.8) is 0 Å². The van der Waals surface area contributed by atoms with E-state index < -0.39 is 0 Å². The van der Waals surface area contributed by atoms with Gasteiger partial charge in [-0.25, -0.2) is 0 Å². The SMILES string of the molecule is NN=C1CCc2cc(Br)ccc21. The zero-order valence-electron chi connectivity index (χ0n) is 6.55. The molecule has 62 valence electrons. The summed E-state index contributed by atoms with van der Waals surface area (Å²) in [5.74, 6) is 5.26. The smallest absolute Gasteiger partial charge is 0.0678 e. The second kappa shape index (κ2) is 2.90. The summed E-state index contributed by atoms with van der Waals surface area (Å²) in [5.41, 5.74) is 3.58. The van der Waals surface area contributed by atoms with E-state index in [1.807, 2.05) is 6.07 Å². The van der Waals surface area contributed by atoms with Crippen molar-refractivity contribution in [2.45, 2.75) is 12.8 Å². The zero-order chi connectivity index (χ0) is 8.55. The van der Waals surface area contributed by atoms with Crippen LogP contribution in [0.25, 0.3) is 0 Å². The fraction of sp³-hybridized carbons (Fsp3) is 0.222. The Labute approximate surface area is 79.6 Å². The Bertz CT molecular complexity index is 344. The van der Waals surface area contributed by atoms with Crippen molar-refractivity contribution < 1.29 is 0 Å². The predicted molar refractivity (Wildman–Crippen MR) is 53.2 cm³/mol. The van der Waals surface area contributed by atoms with Gasteiger partial charge < -0.3 is 5.84 Å². The summed E-state index contributed by atoms with van der Waals surface area (Å²) >= 11 is 3.44. The third-order valence-corrected chi connectivity index (χ3v) is 2.66. The van der Waals surface area contributed by atoms with Gasteiger partial charge in [0.1, 0.15) is 0 Å². The lowest BCUT2D eigenvalue weighted by molar-refractivity contribution is 1.08. The molecular weight excluding hydrogens is 216 g/mol. The molecule has 0 radical (unpaired) electrons. The largest absolute Gasteiger partial charge is 0.323 e. The number of fused-ring (bicyclic) bond motifs is 1. The van der Waals surface area contributed by atoms with Crippen molar-refractivity contribution in [1.82, 2.24) is 0 Å². The minimum atomic E-state index is 0.974. The van der Waals surface area contributed by atoms with Crippen molar-refractivity contribution in [2.24, 2.45) is 10.9 Å². The summed E-state index contributed by atoms with van der Waals surface area (Å²) in [6, 6.07) is 6.22. The van der Waals surface area contributed by atoms with Crippen LogP contribution in [-0.2, 0) is 6.42 Å². The van der Waals surface area contributed by atoms with Crippen LogP contribution in [0.2, 0.25) is 0 Å². The number of nitrogens with two attached hydrogens (primary N) is 1. The van der Waals surface area contributed by atoms with Crippen molar-refractivity contribution in [3.8, 4) is 0 Å². The molecule has 1 aromatic carbocycles. The Kier molecular flexibility index (Phi) is 1.89. The lowest BCUT2D eigenvalue weighted by Crippen LogP contribution is -1.98. The van der Waals surface area contributed by atoms with Crippen LogP contribution in [-0.4, -0.2) is 5.71 Å². The maximum atomic E-state index is 5.26. The van der Waals surface area contributed by atoms with Gasteiger partial charge in [-0.15, -0.1) is 0 Å². The van der Waals surface area contributed by atoms with E-state index in [1.165, 1.54) is 11.1 Å². The van der Waals surface area contributed by atoms with E-state index in [4.69, 9.17) is 5.84 Å². The number of benzene rings is 1. The number of rotatable bonds is 0. The van der Waals surface area contributed by atoms with E-state index >= 15 is 0 Å². The van der Waals surface area contributed by atoms with Gasteiger partial charge >= 0.3 is 0 Å². The first kappa shape index (κ1) is 7.80. The highest BCUT2D eigenvalue weighted by Gasteiger charge is 2.16. The topological polar surface area (TPSA) is 38.4 Å². The highest BCUT2D eigenvalue weighted by atomic mass is 79.9. The molecule has 0 aliphatic heterocycles. The summed E-state index contributed by atoms with van der Waals surface area (Å²) in [5, 5.41) is 3.76. The van der Waals surface area contributed by atoms with E-state index in [2.05, 4.69) is 33.2 Å². The monoisotopic (exact) mass is 224 g/mol. The van der Waals surface area contributed by atoms with Gasteiger partial charge in [0.25, 0.3) is 0 Å². The quantitative estimate of drug-likeness (QED) is 0.532. The first-order chi connectivity index (χ1) is 5.81. The van der Waals surface area contributed by atoms with Crippen LogP contribution in [0, 0.1) is 0 Å². The van der Waals surface area contributed by atoms with Crippen LogP contribution in [0.1, 0.15) is 17.5 Å². The Morgan fingerprint density at radius 3 is 2.92 bits per heavy atom. The second-order valence-corrected chi connectivity index (χ2v) is 3.79. The molecule has 0 aromatic heterocycles. The number of aryl methyl sites for hydroxylation is 1.